The van der Waals surface area contributed by atoms with Crippen LogP contribution in [0.25, 0.3) is 0 Å². The summed E-state index contributed by atoms with van der Waals surface area (Å²) in [7, 11) is 0. The average Bonchev–Trinajstić information content (AvgIpc) is 2.69. The van der Waals surface area contributed by atoms with Crippen molar-refractivity contribution in [3.63, 3.8) is 0 Å². The first-order chi connectivity index (χ1) is 14.0. The summed E-state index contributed by atoms with van der Waals surface area (Å²) in [5.41, 5.74) is -0.230. The highest BCUT2D eigenvalue weighted by Crippen LogP contribution is 2.21. The van der Waals surface area contributed by atoms with Crippen molar-refractivity contribution >= 4 is 6.29 Å². The molecule has 2 radical (unpaired) electrons. The molecule has 0 aliphatic rings. The third-order valence-electron chi connectivity index (χ3n) is 6.25. The molecule has 172 valence electrons. The minimum Gasteiger partial charge on any atom is -0.290 e. The van der Waals surface area contributed by atoms with E-state index in [9.17, 15) is 4.79 Å². The van der Waals surface area contributed by atoms with Crippen molar-refractivity contribution in [3.8, 4) is 0 Å². The van der Waals surface area contributed by atoms with E-state index in [1.807, 2.05) is 13.8 Å². The molecule has 0 aliphatic carbocycles. The highest BCUT2D eigenvalue weighted by Gasteiger charge is 2.16. The topological polar surface area (TPSA) is 17.1 Å². The monoisotopic (exact) mass is 406 g/mol. The van der Waals surface area contributed by atoms with E-state index < -0.39 is 0 Å². The lowest BCUT2D eigenvalue weighted by Gasteiger charge is -2.14. The second-order valence-electron chi connectivity index (χ2n) is 10.4. The van der Waals surface area contributed by atoms with Crippen molar-refractivity contribution in [1.29, 1.82) is 0 Å². The maximum absolute atomic E-state index is 10.7. The molecule has 0 atom stereocenters. The second kappa shape index (κ2) is 20.9. The number of unbranched alkanes of at least 4 members (excludes halogenated alkanes) is 18. The van der Waals surface area contributed by atoms with Crippen LogP contribution in [0.5, 0.6) is 0 Å². The van der Waals surface area contributed by atoms with E-state index in [0.717, 1.165) is 6.42 Å². The van der Waals surface area contributed by atoms with Crippen LogP contribution in [0.4, 0.5) is 0 Å². The summed E-state index contributed by atoms with van der Waals surface area (Å²) < 4.78 is 0. The zero-order chi connectivity index (χ0) is 21.6. The SMILES string of the molecule is C[C](C)CCCCCCCCCCCCCCCCCCCCCC(C)(C)[C]=O. The van der Waals surface area contributed by atoms with E-state index >= 15 is 0 Å². The highest BCUT2D eigenvalue weighted by molar-refractivity contribution is 5.58. The van der Waals surface area contributed by atoms with E-state index in [1.54, 1.807) is 5.92 Å². The average molecular weight is 407 g/mol. The second-order valence-corrected chi connectivity index (χ2v) is 10.4. The van der Waals surface area contributed by atoms with Gasteiger partial charge in [0, 0.05) is 5.41 Å². The van der Waals surface area contributed by atoms with Crippen LogP contribution in [0.15, 0.2) is 0 Å². The van der Waals surface area contributed by atoms with E-state index in [4.69, 9.17) is 0 Å². The molecule has 0 rings (SSSR count). The van der Waals surface area contributed by atoms with Gasteiger partial charge in [0.15, 0.2) is 0 Å². The lowest BCUT2D eigenvalue weighted by Crippen LogP contribution is -2.12. The van der Waals surface area contributed by atoms with Crippen molar-refractivity contribution in [2.75, 3.05) is 0 Å². The molecule has 0 aromatic rings. The normalized spacial score (nSPS) is 12.0. The van der Waals surface area contributed by atoms with Crippen LogP contribution in [-0.4, -0.2) is 6.29 Å². The predicted octanol–water partition coefficient (Wildman–Crippen LogP) is 9.93. The Labute approximate surface area is 185 Å². The molecule has 29 heavy (non-hydrogen) atoms. The van der Waals surface area contributed by atoms with Gasteiger partial charge in [0.05, 0.1) is 0 Å². The number of hydrogen-bond acceptors (Lipinski definition) is 1. The molecule has 0 unspecified atom stereocenters. The minimum atomic E-state index is -0.230. The molecular formula is C28H54O. The molecule has 0 heterocycles. The zero-order valence-electron chi connectivity index (χ0n) is 20.8. The van der Waals surface area contributed by atoms with Crippen LogP contribution in [0.1, 0.15) is 163 Å². The van der Waals surface area contributed by atoms with Crippen molar-refractivity contribution in [2.45, 2.75) is 163 Å². The molecule has 0 saturated carbocycles. The smallest absolute Gasteiger partial charge is 0.204 e. The van der Waals surface area contributed by atoms with Crippen LogP contribution < -0.4 is 0 Å². The van der Waals surface area contributed by atoms with Crippen molar-refractivity contribution < 1.29 is 4.79 Å². The van der Waals surface area contributed by atoms with Gasteiger partial charge < -0.3 is 0 Å². The van der Waals surface area contributed by atoms with Gasteiger partial charge in [0.1, 0.15) is 0 Å². The summed E-state index contributed by atoms with van der Waals surface area (Å²) in [6.45, 7) is 8.50. The molecule has 1 nitrogen and oxygen atoms in total. The molecule has 0 fully saturated rings. The van der Waals surface area contributed by atoms with E-state index in [-0.39, 0.29) is 5.41 Å². The Bertz CT molecular complexity index is 331. The lowest BCUT2D eigenvalue weighted by atomic mass is 9.88. The quantitative estimate of drug-likeness (QED) is 0.154. The Morgan fingerprint density at radius 3 is 1.07 bits per heavy atom. The molecule has 0 aromatic carbocycles. The predicted molar refractivity (Wildman–Crippen MR) is 131 cm³/mol. The Kier molecular flexibility index (Phi) is 20.7. The standard InChI is InChI=1S/C28H54O/c1-27(2)24-22-20-18-16-14-12-10-8-6-5-7-9-11-13-15-17-19-21-23-25-28(3,4)26-29/h5-25H2,1-4H3. The lowest BCUT2D eigenvalue weighted by molar-refractivity contribution is 0.403. The number of rotatable bonds is 23. The minimum absolute atomic E-state index is 0.230. The number of hydrogen-bond donors (Lipinski definition) is 0. The van der Waals surface area contributed by atoms with Gasteiger partial charge in [0.2, 0.25) is 6.29 Å². The summed E-state index contributed by atoms with van der Waals surface area (Å²) in [4.78, 5) is 10.7. The molecule has 0 N–H and O–H groups in total. The van der Waals surface area contributed by atoms with Crippen LogP contribution in [0, 0.1) is 11.3 Å². The summed E-state index contributed by atoms with van der Waals surface area (Å²) in [5, 5.41) is 0. The Hall–Kier alpha value is -0.330. The van der Waals surface area contributed by atoms with Crippen molar-refractivity contribution in [3.05, 3.63) is 5.92 Å². The van der Waals surface area contributed by atoms with Gasteiger partial charge >= 0.3 is 0 Å². The van der Waals surface area contributed by atoms with Crippen LogP contribution in [0.3, 0.4) is 0 Å². The fraction of sp³-hybridized carbons (Fsp3) is 0.929. The Morgan fingerprint density at radius 1 is 0.517 bits per heavy atom. The Balaban J connectivity index is 3.08. The van der Waals surface area contributed by atoms with Crippen molar-refractivity contribution in [2.24, 2.45) is 5.41 Å². The van der Waals surface area contributed by atoms with Gasteiger partial charge in [-0.3, -0.25) is 4.79 Å². The first-order valence-electron chi connectivity index (χ1n) is 13.2. The third kappa shape index (κ3) is 23.8. The fourth-order valence-electron chi connectivity index (χ4n) is 4.10. The van der Waals surface area contributed by atoms with Gasteiger partial charge in [-0.25, -0.2) is 0 Å². The van der Waals surface area contributed by atoms with Crippen molar-refractivity contribution in [1.82, 2.24) is 0 Å². The van der Waals surface area contributed by atoms with Gasteiger partial charge in [-0.05, 0) is 18.8 Å². The largest absolute Gasteiger partial charge is 0.290 e. The molecule has 0 bridgehead atoms. The molecule has 0 spiro atoms. The fourth-order valence-corrected chi connectivity index (χ4v) is 4.10. The maximum atomic E-state index is 10.7. The van der Waals surface area contributed by atoms with Crippen LogP contribution >= 0.6 is 0 Å². The molecule has 0 aliphatic heterocycles. The van der Waals surface area contributed by atoms with Gasteiger partial charge in [-0.1, -0.05) is 150 Å². The van der Waals surface area contributed by atoms with Crippen LogP contribution in [-0.2, 0) is 4.79 Å². The highest BCUT2D eigenvalue weighted by atomic mass is 16.1. The summed E-state index contributed by atoms with van der Waals surface area (Å²) in [5.74, 6) is 1.59. The van der Waals surface area contributed by atoms with E-state index in [2.05, 4.69) is 20.1 Å². The molecule has 0 aromatic heterocycles. The first-order valence-corrected chi connectivity index (χ1v) is 13.2. The zero-order valence-corrected chi connectivity index (χ0v) is 20.8. The summed E-state index contributed by atoms with van der Waals surface area (Å²) in [6.07, 6.45) is 31.3. The molecule has 1 heteroatoms. The van der Waals surface area contributed by atoms with Gasteiger partial charge in [-0.15, -0.1) is 0 Å². The third-order valence-corrected chi connectivity index (χ3v) is 6.25. The van der Waals surface area contributed by atoms with Crippen LogP contribution in [0.2, 0.25) is 0 Å². The molecular weight excluding hydrogens is 352 g/mol. The number of carbonyl (C=O) groups excluding carboxylic acids is 1. The molecule has 0 amide bonds. The van der Waals surface area contributed by atoms with E-state index in [0.29, 0.717) is 0 Å². The van der Waals surface area contributed by atoms with E-state index in [1.165, 1.54) is 128 Å². The van der Waals surface area contributed by atoms with Gasteiger partial charge in [0.25, 0.3) is 0 Å². The van der Waals surface area contributed by atoms with Gasteiger partial charge in [-0.2, -0.15) is 0 Å². The maximum Gasteiger partial charge on any atom is 0.204 e. The first kappa shape index (κ1) is 28.7. The molecule has 0 saturated heterocycles. The Morgan fingerprint density at radius 2 is 0.793 bits per heavy atom. The summed E-state index contributed by atoms with van der Waals surface area (Å²) >= 11 is 0. The summed E-state index contributed by atoms with van der Waals surface area (Å²) in [6, 6.07) is 0.